The minimum absolute atomic E-state index is 0.00533. The molecule has 27 heavy (non-hydrogen) atoms. The summed E-state index contributed by atoms with van der Waals surface area (Å²) in [7, 11) is 0. The van der Waals surface area contributed by atoms with Gasteiger partial charge in [-0.2, -0.15) is 5.10 Å². The van der Waals surface area contributed by atoms with Gasteiger partial charge in [0.15, 0.2) is 11.5 Å². The Labute approximate surface area is 165 Å². The summed E-state index contributed by atoms with van der Waals surface area (Å²) in [4.78, 5) is 12.5. The van der Waals surface area contributed by atoms with Crippen LogP contribution in [0.3, 0.4) is 0 Å². The van der Waals surface area contributed by atoms with E-state index in [2.05, 4.69) is 23.4 Å². The molecular weight excluding hydrogens is 364 g/mol. The smallest absolute Gasteiger partial charge is 0.244 e. The van der Waals surface area contributed by atoms with Crippen molar-refractivity contribution in [3.05, 3.63) is 22.7 Å². The van der Waals surface area contributed by atoms with E-state index in [1.54, 1.807) is 18.3 Å². The fourth-order valence-corrected chi connectivity index (χ4v) is 4.54. The van der Waals surface area contributed by atoms with Crippen LogP contribution in [0.4, 0.5) is 0 Å². The van der Waals surface area contributed by atoms with Crippen LogP contribution < -0.4 is 14.9 Å². The summed E-state index contributed by atoms with van der Waals surface area (Å²) in [6.45, 7) is 4.65. The molecular formula is C21H25ClN2O3. The lowest BCUT2D eigenvalue weighted by Crippen LogP contribution is -2.22. The van der Waals surface area contributed by atoms with Gasteiger partial charge >= 0.3 is 0 Å². The average Bonchev–Trinajstić information content (AvgIpc) is 3.27. The molecule has 2 aliphatic rings. The van der Waals surface area contributed by atoms with Crippen molar-refractivity contribution in [3.63, 3.8) is 0 Å². The molecule has 1 N–H and O–H groups in total. The number of terminal acetylenes is 1. The van der Waals surface area contributed by atoms with Crippen LogP contribution in [0.1, 0.15) is 45.1 Å². The van der Waals surface area contributed by atoms with Crippen molar-refractivity contribution < 1.29 is 14.3 Å². The number of amides is 1. The molecule has 0 aliphatic heterocycles. The van der Waals surface area contributed by atoms with Crippen molar-refractivity contribution in [2.75, 3.05) is 13.2 Å². The zero-order chi connectivity index (χ0) is 19.4. The number of halogens is 1. The first kappa shape index (κ1) is 19.6. The maximum absolute atomic E-state index is 12.5. The van der Waals surface area contributed by atoms with Crippen LogP contribution in [0.15, 0.2) is 17.2 Å². The SMILES string of the molecule is C#CCOc1c(Cl)cc(/C=N\NC(=O)[C@@H]2[C@@H]3CCCC[C@]23C)cc1OCC. The summed E-state index contributed by atoms with van der Waals surface area (Å²) >= 11 is 6.29. The molecule has 1 amide bonds. The molecule has 2 saturated carbocycles. The summed E-state index contributed by atoms with van der Waals surface area (Å²) in [5.41, 5.74) is 3.55. The Morgan fingerprint density at radius 2 is 2.30 bits per heavy atom. The Bertz CT molecular complexity index is 786. The molecule has 1 aromatic carbocycles. The first-order valence-electron chi connectivity index (χ1n) is 9.36. The van der Waals surface area contributed by atoms with Crippen LogP contribution >= 0.6 is 11.6 Å². The average molecular weight is 389 g/mol. The van der Waals surface area contributed by atoms with Crippen molar-refractivity contribution in [1.29, 1.82) is 0 Å². The van der Waals surface area contributed by atoms with E-state index in [0.29, 0.717) is 34.6 Å². The monoisotopic (exact) mass is 388 g/mol. The fraction of sp³-hybridized carbons (Fsp3) is 0.524. The number of carbonyl (C=O) groups is 1. The summed E-state index contributed by atoms with van der Waals surface area (Å²) in [6.07, 6.45) is 11.5. The highest BCUT2D eigenvalue weighted by Crippen LogP contribution is 2.66. The van der Waals surface area contributed by atoms with Gasteiger partial charge in [0, 0.05) is 5.92 Å². The number of ether oxygens (including phenoxy) is 2. The van der Waals surface area contributed by atoms with Gasteiger partial charge in [0.1, 0.15) is 6.61 Å². The standard InChI is InChI=1S/C21H25ClN2O3/c1-4-10-27-19-16(22)11-14(12-17(19)26-5-2)13-23-24-20(25)18-15-8-6-7-9-21(15,18)3/h1,11-13,15,18H,5-10H2,2-3H3,(H,24,25)/b23-13-/t15-,18-,21-/m0/s1. The zero-order valence-corrected chi connectivity index (χ0v) is 16.5. The molecule has 0 unspecified atom stereocenters. The van der Waals surface area contributed by atoms with E-state index >= 15 is 0 Å². The van der Waals surface area contributed by atoms with Crippen LogP contribution in [0.2, 0.25) is 5.02 Å². The van der Waals surface area contributed by atoms with Crippen molar-refractivity contribution in [2.45, 2.75) is 39.5 Å². The van der Waals surface area contributed by atoms with E-state index in [1.165, 1.54) is 12.8 Å². The number of hydrogen-bond acceptors (Lipinski definition) is 4. The number of fused-ring (bicyclic) bond motifs is 1. The quantitative estimate of drug-likeness (QED) is 0.436. The van der Waals surface area contributed by atoms with Gasteiger partial charge in [0.05, 0.1) is 17.8 Å². The molecule has 0 radical (unpaired) electrons. The van der Waals surface area contributed by atoms with Crippen LogP contribution in [-0.4, -0.2) is 25.3 Å². The molecule has 6 heteroatoms. The molecule has 2 aliphatic carbocycles. The zero-order valence-electron chi connectivity index (χ0n) is 15.8. The molecule has 0 saturated heterocycles. The van der Waals surface area contributed by atoms with E-state index in [-0.39, 0.29) is 23.8 Å². The summed E-state index contributed by atoms with van der Waals surface area (Å²) in [5.74, 6) is 3.90. The number of benzene rings is 1. The number of hydrogen-bond donors (Lipinski definition) is 1. The van der Waals surface area contributed by atoms with Gasteiger partial charge in [0.2, 0.25) is 5.91 Å². The number of hydrazone groups is 1. The van der Waals surface area contributed by atoms with Crippen LogP contribution in [-0.2, 0) is 4.79 Å². The van der Waals surface area contributed by atoms with E-state index < -0.39 is 0 Å². The maximum Gasteiger partial charge on any atom is 0.244 e. The Kier molecular flexibility index (Phi) is 5.96. The first-order valence-corrected chi connectivity index (χ1v) is 9.74. The lowest BCUT2D eigenvalue weighted by molar-refractivity contribution is -0.123. The molecule has 3 rings (SSSR count). The Hall–Kier alpha value is -2.19. The van der Waals surface area contributed by atoms with Gasteiger partial charge in [-0.3, -0.25) is 4.79 Å². The minimum Gasteiger partial charge on any atom is -0.490 e. The number of nitrogens with one attached hydrogen (secondary N) is 1. The second kappa shape index (κ2) is 8.22. The molecule has 0 spiro atoms. The number of rotatable bonds is 7. The summed E-state index contributed by atoms with van der Waals surface area (Å²) < 4.78 is 11.0. The second-order valence-corrected chi connectivity index (χ2v) is 7.73. The Morgan fingerprint density at radius 1 is 1.48 bits per heavy atom. The van der Waals surface area contributed by atoms with Crippen molar-refractivity contribution in [2.24, 2.45) is 22.4 Å². The highest BCUT2D eigenvalue weighted by molar-refractivity contribution is 6.32. The van der Waals surface area contributed by atoms with E-state index in [4.69, 9.17) is 27.5 Å². The van der Waals surface area contributed by atoms with Gasteiger partial charge in [0.25, 0.3) is 0 Å². The minimum atomic E-state index is 0.00533. The number of carbonyl (C=O) groups excluding carboxylic acids is 1. The normalized spacial score (nSPS) is 26.1. The number of nitrogens with zero attached hydrogens (tertiary/aromatic N) is 1. The third-order valence-electron chi connectivity index (χ3n) is 5.63. The molecule has 144 valence electrons. The van der Waals surface area contributed by atoms with Gasteiger partial charge in [-0.15, -0.1) is 6.42 Å². The maximum atomic E-state index is 12.5. The second-order valence-electron chi connectivity index (χ2n) is 7.33. The molecule has 1 aromatic rings. The van der Waals surface area contributed by atoms with E-state index in [1.807, 2.05) is 6.92 Å². The van der Waals surface area contributed by atoms with Gasteiger partial charge in [-0.05, 0) is 48.8 Å². The molecule has 3 atom stereocenters. The predicted octanol–water partition coefficient (Wildman–Crippen LogP) is 4.03. The van der Waals surface area contributed by atoms with Crippen LogP contribution in [0.5, 0.6) is 11.5 Å². The van der Waals surface area contributed by atoms with Crippen molar-refractivity contribution in [1.82, 2.24) is 5.43 Å². The molecule has 2 fully saturated rings. The first-order chi connectivity index (χ1) is 13.0. The van der Waals surface area contributed by atoms with Gasteiger partial charge in [-0.25, -0.2) is 5.43 Å². The van der Waals surface area contributed by atoms with Crippen molar-refractivity contribution in [3.8, 4) is 23.8 Å². The molecule has 0 bridgehead atoms. The Morgan fingerprint density at radius 3 is 2.96 bits per heavy atom. The highest BCUT2D eigenvalue weighted by atomic mass is 35.5. The lowest BCUT2D eigenvalue weighted by Gasteiger charge is -2.15. The third-order valence-corrected chi connectivity index (χ3v) is 5.91. The molecule has 0 heterocycles. The van der Waals surface area contributed by atoms with E-state index in [9.17, 15) is 4.79 Å². The molecule has 0 aromatic heterocycles. The van der Waals surface area contributed by atoms with Crippen LogP contribution in [0, 0.1) is 29.6 Å². The fourth-order valence-electron chi connectivity index (χ4n) is 4.27. The topological polar surface area (TPSA) is 59.9 Å². The Balaban J connectivity index is 1.66. The molecule has 5 nitrogen and oxygen atoms in total. The van der Waals surface area contributed by atoms with Crippen molar-refractivity contribution >= 4 is 23.7 Å². The van der Waals surface area contributed by atoms with Gasteiger partial charge < -0.3 is 9.47 Å². The highest BCUT2D eigenvalue weighted by Gasteiger charge is 2.64. The van der Waals surface area contributed by atoms with E-state index in [0.717, 1.165) is 12.8 Å². The third kappa shape index (κ3) is 4.06. The lowest BCUT2D eigenvalue weighted by atomic mass is 9.90. The summed E-state index contributed by atoms with van der Waals surface area (Å²) in [5, 5.41) is 4.49. The predicted molar refractivity (Wildman–Crippen MR) is 106 cm³/mol. The summed E-state index contributed by atoms with van der Waals surface area (Å²) in [6, 6.07) is 3.46. The largest absolute Gasteiger partial charge is 0.490 e. The van der Waals surface area contributed by atoms with Crippen LogP contribution in [0.25, 0.3) is 0 Å². The van der Waals surface area contributed by atoms with Gasteiger partial charge in [-0.1, -0.05) is 37.3 Å².